The molecule has 88 valence electrons. The first-order valence-corrected chi connectivity index (χ1v) is 5.82. The second-order valence-electron chi connectivity index (χ2n) is 4.30. The number of rotatable bonds is 1. The van der Waals surface area contributed by atoms with Crippen LogP contribution in [-0.4, -0.2) is 9.97 Å². The number of anilines is 1. The van der Waals surface area contributed by atoms with E-state index in [1.54, 1.807) is 0 Å². The summed E-state index contributed by atoms with van der Waals surface area (Å²) in [5.74, 6) is 0.546. The number of hydrogen-bond acceptors (Lipinski definition) is 3. The van der Waals surface area contributed by atoms with Gasteiger partial charge in [0.15, 0.2) is 0 Å². The summed E-state index contributed by atoms with van der Waals surface area (Å²) >= 11 is 0. The molecule has 0 fully saturated rings. The van der Waals surface area contributed by atoms with Gasteiger partial charge in [0.2, 0.25) is 0 Å². The summed E-state index contributed by atoms with van der Waals surface area (Å²) in [6.07, 6.45) is 3.63. The summed E-state index contributed by atoms with van der Waals surface area (Å²) in [7, 11) is 0. The van der Waals surface area contributed by atoms with Crippen LogP contribution in [0.3, 0.4) is 0 Å². The van der Waals surface area contributed by atoms with E-state index in [2.05, 4.69) is 28.2 Å². The smallest absolute Gasteiger partial charge is 0.123 e. The molecule has 0 unspecified atom stereocenters. The van der Waals surface area contributed by atoms with Gasteiger partial charge in [0.1, 0.15) is 5.82 Å². The second kappa shape index (κ2) is 4.11. The Morgan fingerprint density at radius 2 is 1.83 bits per heavy atom. The molecule has 0 aliphatic heterocycles. The molecule has 0 radical (unpaired) electrons. The van der Waals surface area contributed by atoms with E-state index < -0.39 is 0 Å². The molecule has 0 aliphatic rings. The van der Waals surface area contributed by atoms with E-state index in [4.69, 9.17) is 5.73 Å². The Morgan fingerprint density at radius 1 is 1.00 bits per heavy atom. The van der Waals surface area contributed by atoms with Gasteiger partial charge in [-0.3, -0.25) is 4.98 Å². The Hall–Kier alpha value is -2.42. The normalized spacial score (nSPS) is 10.7. The topological polar surface area (TPSA) is 51.8 Å². The third-order valence-corrected chi connectivity index (χ3v) is 3.05. The summed E-state index contributed by atoms with van der Waals surface area (Å²) in [5.41, 5.74) is 9.97. The molecule has 0 amide bonds. The van der Waals surface area contributed by atoms with Crippen LogP contribution in [0.1, 0.15) is 5.56 Å². The monoisotopic (exact) mass is 235 g/mol. The highest BCUT2D eigenvalue weighted by atomic mass is 14.8. The Balaban J connectivity index is 2.31. The third-order valence-electron chi connectivity index (χ3n) is 3.05. The van der Waals surface area contributed by atoms with Gasteiger partial charge in [-0.05, 0) is 24.6 Å². The van der Waals surface area contributed by atoms with E-state index >= 15 is 0 Å². The van der Waals surface area contributed by atoms with Crippen molar-refractivity contribution in [3.05, 3.63) is 54.4 Å². The molecular weight excluding hydrogens is 222 g/mol. The molecule has 2 heterocycles. The zero-order valence-corrected chi connectivity index (χ0v) is 10.1. The Kier molecular flexibility index (Phi) is 2.45. The summed E-state index contributed by atoms with van der Waals surface area (Å²) < 4.78 is 0. The maximum atomic E-state index is 5.69. The molecule has 3 rings (SSSR count). The van der Waals surface area contributed by atoms with Gasteiger partial charge in [-0.2, -0.15) is 0 Å². The zero-order chi connectivity index (χ0) is 12.5. The number of fused-ring (bicyclic) bond motifs is 1. The summed E-state index contributed by atoms with van der Waals surface area (Å²) in [5, 5.41) is 1.13. The lowest BCUT2D eigenvalue weighted by Crippen LogP contribution is -1.93. The number of benzene rings is 1. The summed E-state index contributed by atoms with van der Waals surface area (Å²) in [6.45, 7) is 2.04. The van der Waals surface area contributed by atoms with Gasteiger partial charge in [-0.15, -0.1) is 0 Å². The number of hydrogen-bond donors (Lipinski definition) is 1. The molecule has 0 atom stereocenters. The molecule has 3 heteroatoms. The molecule has 3 nitrogen and oxygen atoms in total. The molecule has 1 aromatic carbocycles. The van der Waals surface area contributed by atoms with Crippen molar-refractivity contribution in [1.82, 2.24) is 9.97 Å². The molecule has 0 spiro atoms. The van der Waals surface area contributed by atoms with Gasteiger partial charge in [-0.1, -0.05) is 24.3 Å². The number of aryl methyl sites for hydroxylation is 1. The van der Waals surface area contributed by atoms with Crippen molar-refractivity contribution in [2.45, 2.75) is 6.92 Å². The first-order chi connectivity index (χ1) is 8.75. The van der Waals surface area contributed by atoms with Crippen molar-refractivity contribution in [2.24, 2.45) is 0 Å². The van der Waals surface area contributed by atoms with Crippen molar-refractivity contribution in [2.75, 3.05) is 5.73 Å². The zero-order valence-electron chi connectivity index (χ0n) is 10.1. The van der Waals surface area contributed by atoms with Crippen LogP contribution in [0.4, 0.5) is 5.82 Å². The lowest BCUT2D eigenvalue weighted by molar-refractivity contribution is 1.29. The minimum Gasteiger partial charge on any atom is -0.384 e. The van der Waals surface area contributed by atoms with Crippen LogP contribution in [-0.2, 0) is 0 Å². The van der Waals surface area contributed by atoms with E-state index in [9.17, 15) is 0 Å². The molecule has 0 saturated carbocycles. The third kappa shape index (κ3) is 1.70. The van der Waals surface area contributed by atoms with Gasteiger partial charge in [0.05, 0.1) is 5.52 Å². The van der Waals surface area contributed by atoms with Gasteiger partial charge in [-0.25, -0.2) is 4.98 Å². The highest BCUT2D eigenvalue weighted by Gasteiger charge is 2.07. The van der Waals surface area contributed by atoms with Crippen LogP contribution in [0.25, 0.3) is 22.0 Å². The standard InChI is InChI=1S/C15H13N3/c1-10-8-14(16)18-9-13(10)12-6-2-4-11-5-3-7-17-15(11)12/h2-9H,1H3,(H2,16,18). The van der Waals surface area contributed by atoms with Gasteiger partial charge in [0.25, 0.3) is 0 Å². The Labute approximate surface area is 105 Å². The number of aromatic nitrogens is 2. The largest absolute Gasteiger partial charge is 0.384 e. The van der Waals surface area contributed by atoms with Gasteiger partial charge >= 0.3 is 0 Å². The summed E-state index contributed by atoms with van der Waals surface area (Å²) in [6, 6.07) is 12.1. The van der Waals surface area contributed by atoms with Crippen LogP contribution < -0.4 is 5.73 Å². The fourth-order valence-electron chi connectivity index (χ4n) is 2.18. The number of nitrogen functional groups attached to an aromatic ring is 1. The molecule has 18 heavy (non-hydrogen) atoms. The first kappa shape index (κ1) is 10.7. The fourth-order valence-corrected chi connectivity index (χ4v) is 2.18. The predicted octanol–water partition coefficient (Wildman–Crippen LogP) is 3.19. The molecule has 0 bridgehead atoms. The quantitative estimate of drug-likeness (QED) is 0.704. The first-order valence-electron chi connectivity index (χ1n) is 5.82. The van der Waals surface area contributed by atoms with E-state index in [1.165, 1.54) is 0 Å². The minimum atomic E-state index is 0.546. The van der Waals surface area contributed by atoms with Crippen molar-refractivity contribution in [3.8, 4) is 11.1 Å². The maximum absolute atomic E-state index is 5.69. The SMILES string of the molecule is Cc1cc(N)ncc1-c1cccc2cccnc12. The number of para-hydroxylation sites is 1. The highest BCUT2D eigenvalue weighted by Crippen LogP contribution is 2.29. The van der Waals surface area contributed by atoms with Crippen LogP contribution in [0.5, 0.6) is 0 Å². The second-order valence-corrected chi connectivity index (χ2v) is 4.30. The molecule has 0 aliphatic carbocycles. The molecule has 2 N–H and O–H groups in total. The van der Waals surface area contributed by atoms with Gasteiger partial charge < -0.3 is 5.73 Å². The lowest BCUT2D eigenvalue weighted by Gasteiger charge is -2.08. The molecular formula is C15H13N3. The average molecular weight is 235 g/mol. The van der Waals surface area contributed by atoms with E-state index in [0.29, 0.717) is 5.82 Å². The maximum Gasteiger partial charge on any atom is 0.123 e. The molecule has 0 saturated heterocycles. The minimum absolute atomic E-state index is 0.546. The predicted molar refractivity (Wildman–Crippen MR) is 74.1 cm³/mol. The number of pyridine rings is 2. The Bertz CT molecular complexity index is 715. The lowest BCUT2D eigenvalue weighted by atomic mass is 10.00. The fraction of sp³-hybridized carbons (Fsp3) is 0.0667. The number of nitrogens with two attached hydrogens (primary N) is 1. The number of nitrogens with zero attached hydrogens (tertiary/aromatic N) is 2. The van der Waals surface area contributed by atoms with E-state index in [0.717, 1.165) is 27.6 Å². The molecule has 2 aromatic heterocycles. The Morgan fingerprint density at radius 3 is 2.67 bits per heavy atom. The van der Waals surface area contributed by atoms with Crippen LogP contribution in [0.15, 0.2) is 48.8 Å². The van der Waals surface area contributed by atoms with Crippen LogP contribution >= 0.6 is 0 Å². The van der Waals surface area contributed by atoms with E-state index in [-0.39, 0.29) is 0 Å². The van der Waals surface area contributed by atoms with Gasteiger partial charge in [0, 0.05) is 28.9 Å². The summed E-state index contributed by atoms with van der Waals surface area (Å²) in [4.78, 5) is 8.64. The van der Waals surface area contributed by atoms with E-state index in [1.807, 2.05) is 37.5 Å². The van der Waals surface area contributed by atoms with Crippen LogP contribution in [0.2, 0.25) is 0 Å². The van der Waals surface area contributed by atoms with Crippen molar-refractivity contribution >= 4 is 16.7 Å². The van der Waals surface area contributed by atoms with Crippen molar-refractivity contribution in [3.63, 3.8) is 0 Å². The molecule has 3 aromatic rings. The van der Waals surface area contributed by atoms with Crippen molar-refractivity contribution in [1.29, 1.82) is 0 Å². The average Bonchev–Trinajstić information content (AvgIpc) is 2.38. The van der Waals surface area contributed by atoms with Crippen LogP contribution in [0, 0.1) is 6.92 Å². The highest BCUT2D eigenvalue weighted by molar-refractivity contribution is 5.94. The van der Waals surface area contributed by atoms with Crippen molar-refractivity contribution < 1.29 is 0 Å².